The molecule has 0 unspecified atom stereocenters. The summed E-state index contributed by atoms with van der Waals surface area (Å²) in [6, 6.07) is 3.73. The van der Waals surface area contributed by atoms with Crippen LogP contribution in [-0.2, 0) is 26.1 Å². The van der Waals surface area contributed by atoms with Gasteiger partial charge in [-0.1, -0.05) is 19.4 Å². The van der Waals surface area contributed by atoms with Crippen molar-refractivity contribution in [2.45, 2.75) is 44.9 Å². The Bertz CT molecular complexity index is 695. The molecule has 3 atom stereocenters. The fourth-order valence-corrected chi connectivity index (χ4v) is 5.08. The minimum absolute atomic E-state index is 0.0795. The van der Waals surface area contributed by atoms with E-state index in [0.717, 1.165) is 12.0 Å². The van der Waals surface area contributed by atoms with Gasteiger partial charge in [0.15, 0.2) is 0 Å². The van der Waals surface area contributed by atoms with Crippen molar-refractivity contribution in [1.82, 2.24) is 14.6 Å². The van der Waals surface area contributed by atoms with Crippen LogP contribution < -0.4 is 5.32 Å². The Morgan fingerprint density at radius 1 is 1.44 bits per heavy atom. The summed E-state index contributed by atoms with van der Waals surface area (Å²) in [6.07, 6.45) is 4.93. The molecule has 0 spiro atoms. The van der Waals surface area contributed by atoms with E-state index in [9.17, 15) is 13.2 Å². The van der Waals surface area contributed by atoms with Crippen LogP contribution in [0.1, 0.15) is 31.7 Å². The molecule has 2 saturated heterocycles. The standard InChI is InChI=1S/C17H25N3O4S/c1-2-3-7-25(22,23)20-11-14-8-15(16(12-20)24-14)17(21)19-10-13-5-4-6-18-9-13/h4-6,9,14-16H,2-3,7-8,10-12H2,1H3,(H,19,21)/t14-,15+,16-/m0/s1. The maximum absolute atomic E-state index is 12.5. The van der Waals surface area contributed by atoms with E-state index in [1.807, 2.05) is 19.1 Å². The van der Waals surface area contributed by atoms with E-state index in [4.69, 9.17) is 4.74 Å². The van der Waals surface area contributed by atoms with E-state index in [2.05, 4.69) is 10.3 Å². The van der Waals surface area contributed by atoms with Gasteiger partial charge in [0.25, 0.3) is 0 Å². The molecule has 8 heteroatoms. The van der Waals surface area contributed by atoms with Crippen molar-refractivity contribution in [2.75, 3.05) is 18.8 Å². The van der Waals surface area contributed by atoms with Crippen LogP contribution in [0.15, 0.2) is 24.5 Å². The monoisotopic (exact) mass is 367 g/mol. The van der Waals surface area contributed by atoms with Crippen LogP contribution in [0.3, 0.4) is 0 Å². The van der Waals surface area contributed by atoms with Crippen molar-refractivity contribution in [3.05, 3.63) is 30.1 Å². The van der Waals surface area contributed by atoms with E-state index in [-0.39, 0.29) is 36.3 Å². The van der Waals surface area contributed by atoms with Crippen molar-refractivity contribution in [3.8, 4) is 0 Å². The van der Waals surface area contributed by atoms with Crippen molar-refractivity contribution >= 4 is 15.9 Å². The molecule has 138 valence electrons. The molecule has 1 N–H and O–H groups in total. The second kappa shape index (κ2) is 7.80. The zero-order chi connectivity index (χ0) is 17.9. The Labute approximate surface area is 148 Å². The Morgan fingerprint density at radius 2 is 2.28 bits per heavy atom. The van der Waals surface area contributed by atoms with Gasteiger partial charge in [0.2, 0.25) is 15.9 Å². The second-order valence-electron chi connectivity index (χ2n) is 6.70. The predicted octanol–water partition coefficient (Wildman–Crippen LogP) is 0.917. The fourth-order valence-electron chi connectivity index (χ4n) is 3.40. The Morgan fingerprint density at radius 3 is 3.00 bits per heavy atom. The van der Waals surface area contributed by atoms with E-state index in [1.54, 1.807) is 12.4 Å². The van der Waals surface area contributed by atoms with E-state index < -0.39 is 10.0 Å². The lowest BCUT2D eigenvalue weighted by molar-refractivity contribution is -0.127. The van der Waals surface area contributed by atoms with Gasteiger partial charge in [-0.15, -0.1) is 0 Å². The molecule has 0 radical (unpaired) electrons. The van der Waals surface area contributed by atoms with Crippen LogP contribution in [0.2, 0.25) is 0 Å². The lowest BCUT2D eigenvalue weighted by Gasteiger charge is -2.32. The molecule has 0 aromatic carbocycles. The third kappa shape index (κ3) is 4.37. The molecule has 3 heterocycles. The summed E-state index contributed by atoms with van der Waals surface area (Å²) in [5.74, 6) is -0.210. The number of ether oxygens (including phenoxy) is 1. The number of aromatic nitrogens is 1. The maximum atomic E-state index is 12.5. The summed E-state index contributed by atoms with van der Waals surface area (Å²) in [5.41, 5.74) is 0.932. The van der Waals surface area contributed by atoms with Gasteiger partial charge in [0.05, 0.1) is 23.9 Å². The number of amides is 1. The summed E-state index contributed by atoms with van der Waals surface area (Å²) >= 11 is 0. The Balaban J connectivity index is 1.58. The number of fused-ring (bicyclic) bond motifs is 2. The van der Waals surface area contributed by atoms with E-state index in [0.29, 0.717) is 25.9 Å². The number of nitrogens with zero attached hydrogens (tertiary/aromatic N) is 2. The zero-order valence-corrected chi connectivity index (χ0v) is 15.2. The van der Waals surface area contributed by atoms with Crippen LogP contribution in [0.25, 0.3) is 0 Å². The average molecular weight is 367 g/mol. The third-order valence-electron chi connectivity index (χ3n) is 4.80. The topological polar surface area (TPSA) is 88.6 Å². The highest BCUT2D eigenvalue weighted by atomic mass is 32.2. The summed E-state index contributed by atoms with van der Waals surface area (Å²) in [6.45, 7) is 3.02. The number of carbonyl (C=O) groups is 1. The molecule has 25 heavy (non-hydrogen) atoms. The van der Waals surface area contributed by atoms with E-state index in [1.165, 1.54) is 4.31 Å². The van der Waals surface area contributed by atoms with Crippen molar-refractivity contribution in [1.29, 1.82) is 0 Å². The van der Waals surface area contributed by atoms with Gasteiger partial charge in [-0.3, -0.25) is 9.78 Å². The molecule has 1 aromatic rings. The van der Waals surface area contributed by atoms with Crippen molar-refractivity contribution in [2.24, 2.45) is 5.92 Å². The quantitative estimate of drug-likeness (QED) is 0.774. The van der Waals surface area contributed by atoms with Crippen LogP contribution in [0, 0.1) is 5.92 Å². The first-order chi connectivity index (χ1) is 12.0. The fraction of sp³-hybridized carbons (Fsp3) is 0.647. The average Bonchev–Trinajstić information content (AvgIpc) is 2.92. The normalized spacial score (nSPS) is 26.5. The van der Waals surface area contributed by atoms with Crippen LogP contribution in [0.4, 0.5) is 0 Å². The maximum Gasteiger partial charge on any atom is 0.226 e. The summed E-state index contributed by atoms with van der Waals surface area (Å²) in [4.78, 5) is 16.5. The number of sulfonamides is 1. The van der Waals surface area contributed by atoms with Crippen molar-refractivity contribution < 1.29 is 17.9 Å². The first-order valence-electron chi connectivity index (χ1n) is 8.79. The second-order valence-corrected chi connectivity index (χ2v) is 8.79. The molecule has 0 aliphatic carbocycles. The molecular weight excluding hydrogens is 342 g/mol. The Hall–Kier alpha value is -1.51. The number of unbranched alkanes of at least 4 members (excludes halogenated alkanes) is 1. The molecule has 1 amide bonds. The molecule has 7 nitrogen and oxygen atoms in total. The number of hydrogen-bond donors (Lipinski definition) is 1. The van der Waals surface area contributed by atoms with Gasteiger partial charge in [0.1, 0.15) is 0 Å². The highest BCUT2D eigenvalue weighted by Crippen LogP contribution is 2.33. The minimum atomic E-state index is -3.26. The molecule has 1 aromatic heterocycles. The third-order valence-corrected chi connectivity index (χ3v) is 6.69. The van der Waals surface area contributed by atoms with Gasteiger partial charge < -0.3 is 10.1 Å². The number of rotatable bonds is 7. The van der Waals surface area contributed by atoms with Crippen LogP contribution in [0.5, 0.6) is 0 Å². The number of carbonyl (C=O) groups excluding carboxylic acids is 1. The summed E-state index contributed by atoms with van der Waals surface area (Å²) in [5, 5.41) is 2.91. The number of hydrogen-bond acceptors (Lipinski definition) is 5. The first-order valence-corrected chi connectivity index (χ1v) is 10.4. The lowest BCUT2D eigenvalue weighted by Crippen LogP contribution is -2.48. The summed E-state index contributed by atoms with van der Waals surface area (Å²) < 4.78 is 32.2. The SMILES string of the molecule is CCCCS(=O)(=O)N1C[C@@H]2C[C@@H](C(=O)NCc3cccnc3)[C@H](C1)O2. The minimum Gasteiger partial charge on any atom is -0.371 e. The van der Waals surface area contributed by atoms with Gasteiger partial charge in [-0.2, -0.15) is 4.31 Å². The zero-order valence-electron chi connectivity index (χ0n) is 14.4. The smallest absolute Gasteiger partial charge is 0.226 e. The van der Waals surface area contributed by atoms with Gasteiger partial charge in [-0.25, -0.2) is 8.42 Å². The highest BCUT2D eigenvalue weighted by molar-refractivity contribution is 7.89. The molecular formula is C17H25N3O4S. The van der Waals surface area contributed by atoms with Gasteiger partial charge >= 0.3 is 0 Å². The molecule has 2 fully saturated rings. The number of pyridine rings is 1. The number of morpholine rings is 1. The van der Waals surface area contributed by atoms with Gasteiger partial charge in [-0.05, 0) is 24.5 Å². The first kappa shape index (κ1) is 18.3. The van der Waals surface area contributed by atoms with Gasteiger partial charge in [0, 0.05) is 32.0 Å². The van der Waals surface area contributed by atoms with Crippen LogP contribution >= 0.6 is 0 Å². The largest absolute Gasteiger partial charge is 0.371 e. The predicted molar refractivity (Wildman–Crippen MR) is 93.1 cm³/mol. The Kier molecular flexibility index (Phi) is 5.71. The molecule has 2 aliphatic rings. The molecule has 3 rings (SSSR count). The van der Waals surface area contributed by atoms with Crippen molar-refractivity contribution in [3.63, 3.8) is 0 Å². The molecule has 2 bridgehead atoms. The van der Waals surface area contributed by atoms with Crippen LogP contribution in [-0.4, -0.2) is 54.7 Å². The highest BCUT2D eigenvalue weighted by Gasteiger charge is 2.47. The number of nitrogens with one attached hydrogen (secondary N) is 1. The van der Waals surface area contributed by atoms with E-state index >= 15 is 0 Å². The molecule has 2 aliphatic heterocycles. The molecule has 0 saturated carbocycles. The summed E-state index contributed by atoms with van der Waals surface area (Å²) in [7, 11) is -3.26. The lowest BCUT2D eigenvalue weighted by atomic mass is 9.99.